The van der Waals surface area contributed by atoms with E-state index >= 15 is 0 Å². The van der Waals surface area contributed by atoms with Crippen LogP contribution in [0.25, 0.3) is 0 Å². The number of nitrogens with zero attached hydrogens (tertiary/aromatic N) is 1. The average molecular weight is 246 g/mol. The fraction of sp³-hybridized carbons (Fsp3) is 0.400. The van der Waals surface area contributed by atoms with Crippen molar-refractivity contribution < 1.29 is 23.4 Å². The second-order valence-corrected chi connectivity index (χ2v) is 3.22. The van der Waals surface area contributed by atoms with Crippen LogP contribution in [0.3, 0.4) is 0 Å². The molecule has 0 amide bonds. The molecular weight excluding hydrogens is 234 g/mol. The largest absolute Gasteiger partial charge is 0.504 e. The van der Waals surface area contributed by atoms with E-state index in [1.54, 1.807) is 6.92 Å². The molecule has 0 aliphatic rings. The number of anilines is 1. The van der Waals surface area contributed by atoms with Crippen LogP contribution in [0.15, 0.2) is 6.07 Å². The lowest BCUT2D eigenvalue weighted by Gasteiger charge is -2.08. The lowest BCUT2D eigenvalue weighted by atomic mass is 10.2. The molecule has 0 radical (unpaired) electrons. The van der Waals surface area contributed by atoms with Crippen LogP contribution in [0.2, 0.25) is 0 Å². The van der Waals surface area contributed by atoms with Crippen LogP contribution in [0.4, 0.5) is 14.5 Å². The van der Waals surface area contributed by atoms with E-state index in [9.17, 15) is 18.7 Å². The van der Waals surface area contributed by atoms with Gasteiger partial charge in [0.05, 0.1) is 24.4 Å². The first kappa shape index (κ1) is 13.1. The fourth-order valence-corrected chi connectivity index (χ4v) is 1.24. The molecule has 0 aliphatic heterocycles. The summed E-state index contributed by atoms with van der Waals surface area (Å²) in [7, 11) is 0. The number of halogens is 2. The highest BCUT2D eigenvalue weighted by molar-refractivity contribution is 5.72. The monoisotopic (exact) mass is 246 g/mol. The molecule has 3 N–H and O–H groups in total. The van der Waals surface area contributed by atoms with Crippen molar-refractivity contribution in [3.63, 3.8) is 0 Å². The predicted octanol–water partition coefficient (Wildman–Crippen LogP) is 1.41. The summed E-state index contributed by atoms with van der Waals surface area (Å²) < 4.78 is 29.6. The lowest BCUT2D eigenvalue weighted by molar-refractivity contribution is -0.142. The minimum atomic E-state index is -2.96. The number of carbonyl (C=O) groups is 1. The molecule has 0 fully saturated rings. The summed E-state index contributed by atoms with van der Waals surface area (Å²) in [4.78, 5) is 14.6. The number of aromatic hydroxyl groups is 1. The van der Waals surface area contributed by atoms with Crippen molar-refractivity contribution >= 4 is 11.7 Å². The minimum Gasteiger partial charge on any atom is -0.504 e. The van der Waals surface area contributed by atoms with E-state index in [0.29, 0.717) is 0 Å². The van der Waals surface area contributed by atoms with E-state index < -0.39 is 23.8 Å². The molecule has 0 atom stereocenters. The summed E-state index contributed by atoms with van der Waals surface area (Å²) in [5, 5.41) is 9.25. The van der Waals surface area contributed by atoms with Crippen molar-refractivity contribution in [3.8, 4) is 5.75 Å². The highest BCUT2D eigenvalue weighted by atomic mass is 19.3. The van der Waals surface area contributed by atoms with Gasteiger partial charge in [0.1, 0.15) is 0 Å². The maximum atomic E-state index is 12.5. The predicted molar refractivity (Wildman–Crippen MR) is 55.6 cm³/mol. The average Bonchev–Trinajstić information content (AvgIpc) is 2.23. The summed E-state index contributed by atoms with van der Waals surface area (Å²) >= 11 is 0. The van der Waals surface area contributed by atoms with E-state index in [1.165, 1.54) is 0 Å². The van der Waals surface area contributed by atoms with Gasteiger partial charge in [-0.1, -0.05) is 0 Å². The maximum absolute atomic E-state index is 12.5. The highest BCUT2D eigenvalue weighted by Gasteiger charge is 2.19. The van der Waals surface area contributed by atoms with E-state index in [0.717, 1.165) is 6.07 Å². The number of esters is 1. The first-order valence-corrected chi connectivity index (χ1v) is 4.87. The number of hydrogen-bond donors (Lipinski definition) is 2. The molecule has 5 nitrogen and oxygen atoms in total. The number of carbonyl (C=O) groups excluding carboxylic acids is 1. The molecule has 0 bridgehead atoms. The Morgan fingerprint density at radius 2 is 2.29 bits per heavy atom. The number of hydrogen-bond acceptors (Lipinski definition) is 5. The minimum absolute atomic E-state index is 0.0362. The van der Waals surface area contributed by atoms with Crippen molar-refractivity contribution in [1.82, 2.24) is 4.98 Å². The van der Waals surface area contributed by atoms with Gasteiger partial charge in [0, 0.05) is 0 Å². The molecule has 1 aromatic heterocycles. The molecule has 0 aromatic carbocycles. The van der Waals surface area contributed by atoms with E-state index in [1.807, 2.05) is 0 Å². The van der Waals surface area contributed by atoms with Crippen molar-refractivity contribution in [2.24, 2.45) is 0 Å². The third kappa shape index (κ3) is 3.27. The quantitative estimate of drug-likeness (QED) is 0.784. The first-order valence-electron chi connectivity index (χ1n) is 4.87. The van der Waals surface area contributed by atoms with Gasteiger partial charge in [0.25, 0.3) is 6.43 Å². The van der Waals surface area contributed by atoms with Crippen LogP contribution < -0.4 is 5.73 Å². The summed E-state index contributed by atoms with van der Waals surface area (Å²) in [5.41, 5.74) is 4.30. The van der Waals surface area contributed by atoms with E-state index in [-0.39, 0.29) is 24.4 Å². The Balaban J connectivity index is 2.98. The highest BCUT2D eigenvalue weighted by Crippen LogP contribution is 2.31. The molecule has 0 unspecified atom stereocenters. The van der Waals surface area contributed by atoms with Crippen LogP contribution in [-0.2, 0) is 16.0 Å². The number of rotatable bonds is 4. The van der Waals surface area contributed by atoms with Gasteiger partial charge in [-0.3, -0.25) is 4.79 Å². The molecule has 1 heterocycles. The standard InChI is InChI=1S/C10H12F2N2O3/c1-2-17-7(15)4-5-3-6(13)9(16)8(14-5)10(11)12/h3,10,16H,2,4H2,1H3,(H2,13,14). The molecule has 1 rings (SSSR count). The number of alkyl halides is 2. The van der Waals surface area contributed by atoms with Gasteiger partial charge in [-0.15, -0.1) is 0 Å². The van der Waals surface area contributed by atoms with Crippen LogP contribution in [0.1, 0.15) is 24.7 Å². The Morgan fingerprint density at radius 1 is 1.65 bits per heavy atom. The molecule has 7 heteroatoms. The van der Waals surface area contributed by atoms with Gasteiger partial charge < -0.3 is 15.6 Å². The van der Waals surface area contributed by atoms with Crippen LogP contribution >= 0.6 is 0 Å². The molecule has 0 aliphatic carbocycles. The van der Waals surface area contributed by atoms with Crippen LogP contribution in [-0.4, -0.2) is 22.7 Å². The Kier molecular flexibility index (Phi) is 4.19. The van der Waals surface area contributed by atoms with Gasteiger partial charge in [-0.2, -0.15) is 0 Å². The summed E-state index contributed by atoms with van der Waals surface area (Å²) in [5.74, 6) is -1.35. The molecule has 0 saturated carbocycles. The van der Waals surface area contributed by atoms with Crippen LogP contribution in [0, 0.1) is 0 Å². The van der Waals surface area contributed by atoms with Gasteiger partial charge in [-0.05, 0) is 13.0 Å². The molecule has 0 saturated heterocycles. The second kappa shape index (κ2) is 5.42. The Morgan fingerprint density at radius 3 is 2.82 bits per heavy atom. The van der Waals surface area contributed by atoms with Crippen LogP contribution in [0.5, 0.6) is 5.75 Å². The van der Waals surface area contributed by atoms with Gasteiger partial charge in [0.2, 0.25) is 0 Å². The summed E-state index contributed by atoms with van der Waals surface area (Å²) in [6, 6.07) is 1.16. The summed E-state index contributed by atoms with van der Waals surface area (Å²) in [6.45, 7) is 1.81. The van der Waals surface area contributed by atoms with Crippen molar-refractivity contribution in [3.05, 3.63) is 17.5 Å². The number of aromatic nitrogens is 1. The topological polar surface area (TPSA) is 85.4 Å². The molecule has 94 valence electrons. The zero-order valence-electron chi connectivity index (χ0n) is 9.11. The SMILES string of the molecule is CCOC(=O)Cc1cc(N)c(O)c(C(F)F)n1. The Labute approximate surface area is 96.2 Å². The van der Waals surface area contributed by atoms with Crippen molar-refractivity contribution in [2.75, 3.05) is 12.3 Å². The Bertz CT molecular complexity index is 424. The molecule has 1 aromatic rings. The third-order valence-corrected chi connectivity index (χ3v) is 1.94. The number of nitrogen functional groups attached to an aromatic ring is 1. The zero-order valence-corrected chi connectivity index (χ0v) is 9.11. The fourth-order valence-electron chi connectivity index (χ4n) is 1.24. The molecular formula is C10H12F2N2O3. The number of nitrogens with two attached hydrogens (primary N) is 1. The lowest BCUT2D eigenvalue weighted by Crippen LogP contribution is -2.10. The number of ether oxygens (including phenoxy) is 1. The smallest absolute Gasteiger partial charge is 0.311 e. The van der Waals surface area contributed by atoms with Gasteiger partial charge >= 0.3 is 5.97 Å². The summed E-state index contributed by atoms with van der Waals surface area (Å²) in [6.07, 6.45) is -3.22. The molecule has 0 spiro atoms. The van der Waals surface area contributed by atoms with Crippen molar-refractivity contribution in [2.45, 2.75) is 19.8 Å². The number of pyridine rings is 1. The second-order valence-electron chi connectivity index (χ2n) is 3.22. The first-order chi connectivity index (χ1) is 7.95. The third-order valence-electron chi connectivity index (χ3n) is 1.94. The Hall–Kier alpha value is -1.92. The van der Waals surface area contributed by atoms with Gasteiger partial charge in [0.15, 0.2) is 11.4 Å². The van der Waals surface area contributed by atoms with Gasteiger partial charge in [-0.25, -0.2) is 13.8 Å². The zero-order chi connectivity index (χ0) is 13.0. The maximum Gasteiger partial charge on any atom is 0.311 e. The van der Waals surface area contributed by atoms with Crippen molar-refractivity contribution in [1.29, 1.82) is 0 Å². The van der Waals surface area contributed by atoms with E-state index in [4.69, 9.17) is 5.73 Å². The van der Waals surface area contributed by atoms with E-state index in [2.05, 4.69) is 9.72 Å². The normalized spacial score (nSPS) is 10.6. The molecule has 17 heavy (non-hydrogen) atoms.